The van der Waals surface area contributed by atoms with Crippen LogP contribution in [0.25, 0.3) is 21.1 Å². The van der Waals surface area contributed by atoms with E-state index < -0.39 is 0 Å². The predicted octanol–water partition coefficient (Wildman–Crippen LogP) is 5.41. The van der Waals surface area contributed by atoms with Gasteiger partial charge in [0.1, 0.15) is 0 Å². The number of aromatic nitrogens is 2. The highest BCUT2D eigenvalue weighted by molar-refractivity contribution is 8.01. The number of thioether (sulfide) groups is 1. The number of aromatic hydroxyl groups is 1. The van der Waals surface area contributed by atoms with Gasteiger partial charge < -0.3 is 5.11 Å². The number of likely N-dealkylation sites (tertiary alicyclic amines) is 1. The van der Waals surface area contributed by atoms with Crippen molar-refractivity contribution in [3.05, 3.63) is 48.5 Å². The normalized spacial score (nSPS) is 15.0. The van der Waals surface area contributed by atoms with Crippen LogP contribution in [0.3, 0.4) is 0 Å². The minimum absolute atomic E-state index is 0.0449. The van der Waals surface area contributed by atoms with Gasteiger partial charge >= 0.3 is 0 Å². The van der Waals surface area contributed by atoms with E-state index >= 15 is 0 Å². The molecule has 9 heteroatoms. The van der Waals surface area contributed by atoms with Crippen molar-refractivity contribution < 1.29 is 9.90 Å². The minimum Gasteiger partial charge on any atom is -0.493 e. The summed E-state index contributed by atoms with van der Waals surface area (Å²) in [7, 11) is 0. The molecule has 1 saturated heterocycles. The Morgan fingerprint density at radius 2 is 1.90 bits per heavy atom. The molecular weight excluding hydrogens is 430 g/mol. The predicted molar refractivity (Wildman–Crippen MR) is 124 cm³/mol. The number of para-hydroxylation sites is 2. The van der Waals surface area contributed by atoms with Gasteiger partial charge in [0.2, 0.25) is 5.88 Å². The van der Waals surface area contributed by atoms with Crippen LogP contribution >= 0.6 is 23.1 Å². The molecule has 31 heavy (non-hydrogen) atoms. The van der Waals surface area contributed by atoms with Crippen LogP contribution in [0.4, 0.5) is 5.69 Å². The number of hydrogen-bond acceptors (Lipinski definition) is 7. The van der Waals surface area contributed by atoms with E-state index in [1.165, 1.54) is 24.6 Å². The molecule has 158 valence electrons. The maximum absolute atomic E-state index is 12.3. The fourth-order valence-corrected chi connectivity index (χ4v) is 5.65. The van der Waals surface area contributed by atoms with E-state index in [1.54, 1.807) is 11.3 Å². The first-order valence-corrected chi connectivity index (χ1v) is 11.9. The van der Waals surface area contributed by atoms with Crippen molar-refractivity contribution in [1.82, 2.24) is 14.5 Å². The van der Waals surface area contributed by atoms with Gasteiger partial charge in [-0.25, -0.2) is 4.98 Å². The summed E-state index contributed by atoms with van der Waals surface area (Å²) < 4.78 is 3.76. The molecule has 0 bridgehead atoms. The molecule has 0 atom stereocenters. The summed E-state index contributed by atoms with van der Waals surface area (Å²) in [5.74, 6) is -0.167. The Morgan fingerprint density at radius 3 is 2.74 bits per heavy atom. The number of rotatable bonds is 6. The van der Waals surface area contributed by atoms with Crippen molar-refractivity contribution in [3.8, 4) is 5.88 Å². The molecule has 1 aliphatic heterocycles. The van der Waals surface area contributed by atoms with Gasteiger partial charge in [0.15, 0.2) is 10.0 Å². The van der Waals surface area contributed by atoms with E-state index in [9.17, 15) is 9.90 Å². The summed E-state index contributed by atoms with van der Waals surface area (Å²) in [5.41, 5.74) is 2.16. The van der Waals surface area contributed by atoms with Crippen LogP contribution in [0.2, 0.25) is 0 Å². The van der Waals surface area contributed by atoms with Crippen LogP contribution in [0.15, 0.2) is 63.1 Å². The van der Waals surface area contributed by atoms with E-state index in [-0.39, 0.29) is 17.5 Å². The molecular formula is C22H21N5O2S2. The van der Waals surface area contributed by atoms with Crippen molar-refractivity contribution in [2.75, 3.05) is 18.8 Å². The maximum atomic E-state index is 12.3. The lowest BCUT2D eigenvalue weighted by Gasteiger charge is -2.17. The summed E-state index contributed by atoms with van der Waals surface area (Å²) in [5, 5.41) is 19.6. The summed E-state index contributed by atoms with van der Waals surface area (Å²) in [6, 6.07) is 15.6. The number of azo groups is 1. The zero-order valence-corrected chi connectivity index (χ0v) is 18.4. The zero-order chi connectivity index (χ0) is 21.2. The Morgan fingerprint density at radius 1 is 1.13 bits per heavy atom. The molecule has 2 aromatic carbocycles. The number of benzene rings is 2. The minimum atomic E-state index is -0.361. The topological polar surface area (TPSA) is 83.1 Å². The highest BCUT2D eigenvalue weighted by Crippen LogP contribution is 2.39. The quantitative estimate of drug-likeness (QED) is 0.313. The first kappa shape index (κ1) is 20.2. The number of carbonyl (C=O) groups is 1. The van der Waals surface area contributed by atoms with Crippen LogP contribution in [0, 0.1) is 0 Å². The molecule has 0 spiro atoms. The maximum Gasteiger partial charge on any atom is 0.274 e. The average Bonchev–Trinajstić information content (AvgIpc) is 3.50. The lowest BCUT2D eigenvalue weighted by molar-refractivity contribution is -0.115. The largest absolute Gasteiger partial charge is 0.493 e. The Hall–Kier alpha value is -2.75. The van der Waals surface area contributed by atoms with E-state index in [0.717, 1.165) is 38.5 Å². The van der Waals surface area contributed by atoms with E-state index in [0.29, 0.717) is 12.4 Å². The Kier molecular flexibility index (Phi) is 5.71. The summed E-state index contributed by atoms with van der Waals surface area (Å²) in [4.78, 5) is 19.2. The van der Waals surface area contributed by atoms with E-state index in [2.05, 4.69) is 20.1 Å². The van der Waals surface area contributed by atoms with Crippen LogP contribution < -0.4 is 0 Å². The third kappa shape index (κ3) is 4.21. The SMILES string of the molecule is O=C(CSc1nc2ccccc2s1)N=Nc1c(O)n(CN2CCCC2)c2ccccc12. The molecule has 1 N–H and O–H groups in total. The highest BCUT2D eigenvalue weighted by atomic mass is 32.2. The molecule has 5 rings (SSSR count). The number of carbonyl (C=O) groups excluding carboxylic acids is 1. The van der Waals surface area contributed by atoms with Gasteiger partial charge in [0.25, 0.3) is 5.91 Å². The molecule has 1 fully saturated rings. The van der Waals surface area contributed by atoms with E-state index in [1.807, 2.05) is 53.1 Å². The summed E-state index contributed by atoms with van der Waals surface area (Å²) >= 11 is 2.91. The Labute approximate surface area is 187 Å². The Bertz CT molecular complexity index is 1240. The summed E-state index contributed by atoms with van der Waals surface area (Å²) in [6.45, 7) is 2.64. The molecule has 0 unspecified atom stereocenters. The molecule has 1 amide bonds. The van der Waals surface area contributed by atoms with Crippen LogP contribution in [-0.4, -0.2) is 44.3 Å². The van der Waals surface area contributed by atoms with Crippen LogP contribution in [0.1, 0.15) is 12.8 Å². The van der Waals surface area contributed by atoms with Crippen molar-refractivity contribution in [1.29, 1.82) is 0 Å². The van der Waals surface area contributed by atoms with Gasteiger partial charge in [-0.3, -0.25) is 14.3 Å². The molecule has 2 aromatic heterocycles. The first-order valence-electron chi connectivity index (χ1n) is 10.1. The molecule has 3 heterocycles. The monoisotopic (exact) mass is 451 g/mol. The number of amides is 1. The second kappa shape index (κ2) is 8.78. The van der Waals surface area contributed by atoms with Crippen molar-refractivity contribution in [2.24, 2.45) is 10.2 Å². The molecule has 1 aliphatic rings. The van der Waals surface area contributed by atoms with Gasteiger partial charge in [-0.15, -0.1) is 21.6 Å². The third-order valence-corrected chi connectivity index (χ3v) is 7.48. The molecule has 7 nitrogen and oxygen atoms in total. The zero-order valence-electron chi connectivity index (χ0n) is 16.8. The second-order valence-corrected chi connectivity index (χ2v) is 9.67. The van der Waals surface area contributed by atoms with Crippen LogP contribution in [0.5, 0.6) is 5.88 Å². The number of thiazole rings is 1. The Balaban J connectivity index is 1.33. The molecule has 4 aromatic rings. The third-order valence-electron chi connectivity index (χ3n) is 5.31. The van der Waals surface area contributed by atoms with Crippen LogP contribution in [-0.2, 0) is 11.5 Å². The first-order chi connectivity index (χ1) is 15.2. The van der Waals surface area contributed by atoms with Gasteiger partial charge in [0, 0.05) is 5.39 Å². The van der Waals surface area contributed by atoms with Crippen molar-refractivity contribution >= 4 is 55.8 Å². The fourth-order valence-electron chi connectivity index (χ4n) is 3.81. The van der Waals surface area contributed by atoms with E-state index in [4.69, 9.17) is 0 Å². The highest BCUT2D eigenvalue weighted by Gasteiger charge is 2.20. The van der Waals surface area contributed by atoms with Gasteiger partial charge in [-0.05, 0) is 44.1 Å². The van der Waals surface area contributed by atoms with Gasteiger partial charge in [-0.1, -0.05) is 42.1 Å². The number of nitrogens with zero attached hydrogens (tertiary/aromatic N) is 5. The standard InChI is InChI=1S/C22H21N5O2S2/c28-19(13-30-22-23-16-8-2-4-10-18(16)31-22)24-25-20-15-7-1-3-9-17(15)27(21(20)29)14-26-11-5-6-12-26/h1-4,7-10,29H,5-6,11-14H2. The molecule has 0 saturated carbocycles. The van der Waals surface area contributed by atoms with Crippen molar-refractivity contribution in [3.63, 3.8) is 0 Å². The molecule has 0 radical (unpaired) electrons. The number of hydrogen-bond donors (Lipinski definition) is 1. The average molecular weight is 452 g/mol. The lowest BCUT2D eigenvalue weighted by Crippen LogP contribution is -2.22. The smallest absolute Gasteiger partial charge is 0.274 e. The van der Waals surface area contributed by atoms with Gasteiger partial charge in [-0.2, -0.15) is 0 Å². The summed E-state index contributed by atoms with van der Waals surface area (Å²) in [6.07, 6.45) is 2.35. The van der Waals surface area contributed by atoms with Crippen molar-refractivity contribution in [2.45, 2.75) is 23.8 Å². The fraction of sp³-hybridized carbons (Fsp3) is 0.273. The molecule has 0 aliphatic carbocycles. The number of fused-ring (bicyclic) bond motifs is 2. The van der Waals surface area contributed by atoms with Gasteiger partial charge in [0.05, 0.1) is 28.2 Å². The lowest BCUT2D eigenvalue weighted by atomic mass is 10.2. The second-order valence-electron chi connectivity index (χ2n) is 7.41.